The fourth-order valence-corrected chi connectivity index (χ4v) is 4.53. The monoisotopic (exact) mass is 215 g/mol. The standard InChI is InChI=1S/C12H21N.ClH/c1-11(2)10-4-8-3-9(5-10)7-12(11,13)6-8;/h8-10H,3-7,13H2,1-2H3;1H. The predicted octanol–water partition coefficient (Wildman–Crippen LogP) is 2.97. The Morgan fingerprint density at radius 1 is 1.00 bits per heavy atom. The molecule has 0 saturated heterocycles. The normalized spacial score (nSPS) is 52.9. The van der Waals surface area contributed by atoms with Crippen molar-refractivity contribution in [1.82, 2.24) is 0 Å². The molecule has 0 amide bonds. The molecule has 0 aromatic heterocycles. The summed E-state index contributed by atoms with van der Waals surface area (Å²) in [6.45, 7) is 4.82. The second kappa shape index (κ2) is 2.89. The van der Waals surface area contributed by atoms with Crippen LogP contribution in [0.25, 0.3) is 0 Å². The van der Waals surface area contributed by atoms with Crippen molar-refractivity contribution in [3.63, 3.8) is 0 Å². The number of hydrogen-bond donors (Lipinski definition) is 1. The summed E-state index contributed by atoms with van der Waals surface area (Å²) in [4.78, 5) is 0. The highest BCUT2D eigenvalue weighted by Crippen LogP contribution is 2.62. The fraction of sp³-hybridized carbons (Fsp3) is 1.00. The van der Waals surface area contributed by atoms with E-state index in [9.17, 15) is 0 Å². The third kappa shape index (κ3) is 1.12. The van der Waals surface area contributed by atoms with Crippen LogP contribution in [0.4, 0.5) is 0 Å². The van der Waals surface area contributed by atoms with Crippen molar-refractivity contribution >= 4 is 12.4 Å². The summed E-state index contributed by atoms with van der Waals surface area (Å²) >= 11 is 0. The van der Waals surface area contributed by atoms with Crippen LogP contribution in [0.5, 0.6) is 0 Å². The van der Waals surface area contributed by atoms with Gasteiger partial charge in [0.05, 0.1) is 0 Å². The van der Waals surface area contributed by atoms with Crippen molar-refractivity contribution in [2.45, 2.75) is 51.5 Å². The van der Waals surface area contributed by atoms with Gasteiger partial charge in [-0.05, 0) is 55.3 Å². The molecule has 4 saturated carbocycles. The Kier molecular flexibility index (Phi) is 2.22. The fourth-order valence-electron chi connectivity index (χ4n) is 4.53. The van der Waals surface area contributed by atoms with Crippen molar-refractivity contribution in [3.05, 3.63) is 0 Å². The summed E-state index contributed by atoms with van der Waals surface area (Å²) in [6.07, 6.45) is 7.07. The third-order valence-electron chi connectivity index (χ3n) is 5.51. The van der Waals surface area contributed by atoms with E-state index in [1.165, 1.54) is 32.1 Å². The molecule has 4 aliphatic carbocycles. The van der Waals surface area contributed by atoms with E-state index in [4.69, 9.17) is 5.73 Å². The van der Waals surface area contributed by atoms with Crippen molar-refractivity contribution in [1.29, 1.82) is 0 Å². The first-order chi connectivity index (χ1) is 6.01. The van der Waals surface area contributed by atoms with E-state index in [1.807, 2.05) is 0 Å². The van der Waals surface area contributed by atoms with Gasteiger partial charge in [-0.1, -0.05) is 13.8 Å². The van der Waals surface area contributed by atoms with Crippen LogP contribution in [0.3, 0.4) is 0 Å². The Labute approximate surface area is 93.2 Å². The second-order valence-corrected chi connectivity index (χ2v) is 6.42. The van der Waals surface area contributed by atoms with Crippen molar-refractivity contribution in [2.75, 3.05) is 0 Å². The Hall–Kier alpha value is 0.250. The van der Waals surface area contributed by atoms with E-state index in [-0.39, 0.29) is 17.9 Å². The molecule has 2 N–H and O–H groups in total. The van der Waals surface area contributed by atoms with Gasteiger partial charge in [0.25, 0.3) is 0 Å². The van der Waals surface area contributed by atoms with Gasteiger partial charge in [-0.2, -0.15) is 0 Å². The lowest BCUT2D eigenvalue weighted by molar-refractivity contribution is -0.106. The Balaban J connectivity index is 0.000000750. The van der Waals surface area contributed by atoms with Crippen LogP contribution in [-0.2, 0) is 0 Å². The van der Waals surface area contributed by atoms with Crippen LogP contribution in [-0.4, -0.2) is 5.54 Å². The van der Waals surface area contributed by atoms with Gasteiger partial charge in [-0.3, -0.25) is 0 Å². The zero-order chi connectivity index (χ0) is 9.27. The minimum Gasteiger partial charge on any atom is -0.325 e. The van der Waals surface area contributed by atoms with Crippen molar-refractivity contribution < 1.29 is 0 Å². The van der Waals surface area contributed by atoms with Gasteiger partial charge >= 0.3 is 0 Å². The molecular weight excluding hydrogens is 194 g/mol. The molecule has 0 radical (unpaired) electrons. The molecule has 4 rings (SSSR count). The van der Waals surface area contributed by atoms with Gasteiger partial charge in [-0.25, -0.2) is 0 Å². The average Bonchev–Trinajstić information content (AvgIpc) is 1.99. The quantitative estimate of drug-likeness (QED) is 0.661. The first-order valence-corrected chi connectivity index (χ1v) is 5.80. The van der Waals surface area contributed by atoms with Gasteiger partial charge in [-0.15, -0.1) is 12.4 Å². The molecule has 82 valence electrons. The number of halogens is 1. The van der Waals surface area contributed by atoms with Crippen LogP contribution in [0.2, 0.25) is 0 Å². The average molecular weight is 216 g/mol. The van der Waals surface area contributed by atoms with Crippen LogP contribution < -0.4 is 5.73 Å². The van der Waals surface area contributed by atoms with Crippen LogP contribution in [0.15, 0.2) is 0 Å². The molecule has 2 unspecified atom stereocenters. The molecule has 4 aliphatic rings. The summed E-state index contributed by atoms with van der Waals surface area (Å²) in [5.74, 6) is 2.90. The highest BCUT2D eigenvalue weighted by molar-refractivity contribution is 5.85. The van der Waals surface area contributed by atoms with Gasteiger partial charge in [0.15, 0.2) is 0 Å². The maximum Gasteiger partial charge on any atom is 0.0214 e. The van der Waals surface area contributed by atoms with E-state index < -0.39 is 0 Å². The van der Waals surface area contributed by atoms with Crippen LogP contribution >= 0.6 is 12.4 Å². The largest absolute Gasteiger partial charge is 0.325 e. The maximum atomic E-state index is 6.60. The van der Waals surface area contributed by atoms with Gasteiger partial charge in [0.1, 0.15) is 0 Å². The zero-order valence-corrected chi connectivity index (χ0v) is 10.1. The highest BCUT2D eigenvalue weighted by atomic mass is 35.5. The van der Waals surface area contributed by atoms with Crippen molar-refractivity contribution in [3.8, 4) is 0 Å². The summed E-state index contributed by atoms with van der Waals surface area (Å²) in [7, 11) is 0. The smallest absolute Gasteiger partial charge is 0.0214 e. The number of rotatable bonds is 0. The van der Waals surface area contributed by atoms with Gasteiger partial charge in [0.2, 0.25) is 0 Å². The molecule has 2 heteroatoms. The first kappa shape index (κ1) is 10.8. The topological polar surface area (TPSA) is 26.0 Å². The van der Waals surface area contributed by atoms with Gasteiger partial charge in [0, 0.05) is 5.54 Å². The minimum absolute atomic E-state index is 0. The van der Waals surface area contributed by atoms with E-state index in [0.717, 1.165) is 17.8 Å². The third-order valence-corrected chi connectivity index (χ3v) is 5.51. The first-order valence-electron chi connectivity index (χ1n) is 5.80. The lowest BCUT2D eigenvalue weighted by Crippen LogP contribution is -2.66. The second-order valence-electron chi connectivity index (χ2n) is 6.42. The summed E-state index contributed by atoms with van der Waals surface area (Å²) in [5.41, 5.74) is 7.21. The molecule has 0 spiro atoms. The molecule has 14 heavy (non-hydrogen) atoms. The van der Waals surface area contributed by atoms with E-state index in [2.05, 4.69) is 13.8 Å². The Morgan fingerprint density at radius 3 is 1.93 bits per heavy atom. The Bertz CT molecular complexity index is 235. The van der Waals surface area contributed by atoms with E-state index in [0.29, 0.717) is 5.41 Å². The molecule has 2 atom stereocenters. The van der Waals surface area contributed by atoms with E-state index >= 15 is 0 Å². The van der Waals surface area contributed by atoms with Crippen LogP contribution in [0.1, 0.15) is 46.0 Å². The highest BCUT2D eigenvalue weighted by Gasteiger charge is 2.59. The lowest BCUT2D eigenvalue weighted by Gasteiger charge is -2.64. The molecule has 1 nitrogen and oxygen atoms in total. The van der Waals surface area contributed by atoms with Crippen LogP contribution in [0, 0.1) is 23.2 Å². The zero-order valence-electron chi connectivity index (χ0n) is 9.25. The minimum atomic E-state index is 0. The summed E-state index contributed by atoms with van der Waals surface area (Å²) < 4.78 is 0. The molecule has 0 aromatic rings. The van der Waals surface area contributed by atoms with Gasteiger partial charge < -0.3 is 5.73 Å². The predicted molar refractivity (Wildman–Crippen MR) is 61.5 cm³/mol. The number of hydrogen-bond acceptors (Lipinski definition) is 1. The summed E-state index contributed by atoms with van der Waals surface area (Å²) in [5, 5.41) is 0. The SMILES string of the molecule is CC1(C)C2CC3CC(C2)CC1(N)C3.Cl. The molecule has 4 fully saturated rings. The maximum absolute atomic E-state index is 6.60. The van der Waals surface area contributed by atoms with Crippen molar-refractivity contribution in [2.24, 2.45) is 28.9 Å². The molecule has 4 bridgehead atoms. The lowest BCUT2D eigenvalue weighted by atomic mass is 9.43. The molecular formula is C12H22ClN. The Morgan fingerprint density at radius 2 is 1.50 bits per heavy atom. The molecule has 0 aromatic carbocycles. The summed E-state index contributed by atoms with van der Waals surface area (Å²) in [6, 6.07) is 0. The van der Waals surface area contributed by atoms with E-state index in [1.54, 1.807) is 0 Å². The molecule has 0 aliphatic heterocycles. The number of nitrogens with two attached hydrogens (primary N) is 1. The molecule has 0 heterocycles.